The number of ether oxygens (including phenoxy) is 1. The van der Waals surface area contributed by atoms with Crippen LogP contribution in [0.25, 0.3) is 6.08 Å². The molecular formula is C26H20BrClN2O4. The summed E-state index contributed by atoms with van der Waals surface area (Å²) in [6.07, 6.45) is 1.42. The molecule has 1 aliphatic rings. The van der Waals surface area contributed by atoms with Crippen LogP contribution in [0.15, 0.2) is 70.7 Å². The minimum Gasteiger partial charge on any atom is -0.488 e. The monoisotopic (exact) mass is 538 g/mol. The van der Waals surface area contributed by atoms with Crippen LogP contribution in [0.4, 0.5) is 10.5 Å². The molecular weight excluding hydrogens is 520 g/mol. The molecule has 0 aromatic heterocycles. The zero-order valence-electron chi connectivity index (χ0n) is 18.4. The van der Waals surface area contributed by atoms with Gasteiger partial charge in [0.15, 0.2) is 0 Å². The maximum atomic E-state index is 13.3. The highest BCUT2D eigenvalue weighted by molar-refractivity contribution is 9.10. The minimum absolute atomic E-state index is 0.197. The van der Waals surface area contributed by atoms with Crippen molar-refractivity contribution < 1.29 is 19.1 Å². The number of imide groups is 2. The van der Waals surface area contributed by atoms with Crippen molar-refractivity contribution in [3.05, 3.63) is 98.0 Å². The summed E-state index contributed by atoms with van der Waals surface area (Å²) in [4.78, 5) is 39.4. The molecule has 0 bridgehead atoms. The summed E-state index contributed by atoms with van der Waals surface area (Å²) in [7, 11) is 0. The van der Waals surface area contributed by atoms with Gasteiger partial charge in [-0.25, -0.2) is 9.69 Å². The van der Waals surface area contributed by atoms with Crippen molar-refractivity contribution in [1.29, 1.82) is 0 Å². The van der Waals surface area contributed by atoms with Crippen LogP contribution in [0, 0.1) is 13.8 Å². The second-order valence-corrected chi connectivity index (χ2v) is 9.20. The Morgan fingerprint density at radius 3 is 2.47 bits per heavy atom. The van der Waals surface area contributed by atoms with E-state index < -0.39 is 17.8 Å². The summed E-state index contributed by atoms with van der Waals surface area (Å²) in [6, 6.07) is 17.3. The first kappa shape index (κ1) is 23.7. The van der Waals surface area contributed by atoms with Gasteiger partial charge in [-0.15, -0.1) is 0 Å². The number of rotatable bonds is 5. The second-order valence-electron chi connectivity index (χ2n) is 7.85. The lowest BCUT2D eigenvalue weighted by Gasteiger charge is -2.27. The van der Waals surface area contributed by atoms with E-state index in [-0.39, 0.29) is 5.57 Å². The SMILES string of the molecule is Cc1ccc(COc2ccc(Br)cc2/C=C2\C(=O)NC(=O)N(c3cc(Cl)ccc3C)C2=O)cc1. The molecule has 0 radical (unpaired) electrons. The van der Waals surface area contributed by atoms with Gasteiger partial charge in [0.25, 0.3) is 11.8 Å². The number of aryl methyl sites for hydroxylation is 2. The van der Waals surface area contributed by atoms with Gasteiger partial charge < -0.3 is 4.74 Å². The Morgan fingerprint density at radius 2 is 1.74 bits per heavy atom. The van der Waals surface area contributed by atoms with Crippen molar-refractivity contribution in [2.24, 2.45) is 0 Å². The normalized spacial score (nSPS) is 15.0. The molecule has 172 valence electrons. The molecule has 0 unspecified atom stereocenters. The molecule has 0 spiro atoms. The van der Waals surface area contributed by atoms with Crippen molar-refractivity contribution in [3.8, 4) is 5.75 Å². The molecule has 1 fully saturated rings. The third-order valence-corrected chi connectivity index (χ3v) is 6.03. The summed E-state index contributed by atoms with van der Waals surface area (Å²) < 4.78 is 6.73. The molecule has 8 heteroatoms. The van der Waals surface area contributed by atoms with Gasteiger partial charge in [0.1, 0.15) is 17.9 Å². The smallest absolute Gasteiger partial charge is 0.335 e. The molecule has 1 N–H and O–H groups in total. The summed E-state index contributed by atoms with van der Waals surface area (Å²) in [5, 5.41) is 2.60. The molecule has 0 saturated carbocycles. The summed E-state index contributed by atoms with van der Waals surface area (Å²) >= 11 is 9.51. The van der Waals surface area contributed by atoms with Crippen LogP contribution in [0.2, 0.25) is 5.02 Å². The first-order valence-electron chi connectivity index (χ1n) is 10.4. The topological polar surface area (TPSA) is 75.7 Å². The fraction of sp³-hybridized carbons (Fsp3) is 0.115. The van der Waals surface area contributed by atoms with Gasteiger partial charge in [-0.05, 0) is 61.4 Å². The summed E-state index contributed by atoms with van der Waals surface area (Å²) in [5.41, 5.74) is 3.40. The van der Waals surface area contributed by atoms with Crippen LogP contribution in [0.3, 0.4) is 0 Å². The molecule has 1 heterocycles. The second kappa shape index (κ2) is 9.83. The van der Waals surface area contributed by atoms with Crippen molar-refractivity contribution in [3.63, 3.8) is 0 Å². The number of amides is 4. The molecule has 1 saturated heterocycles. The van der Waals surface area contributed by atoms with Crippen LogP contribution >= 0.6 is 27.5 Å². The van der Waals surface area contributed by atoms with Gasteiger partial charge in [0, 0.05) is 15.1 Å². The number of hydrogen-bond acceptors (Lipinski definition) is 4. The van der Waals surface area contributed by atoms with Gasteiger partial charge in [-0.1, -0.05) is 63.4 Å². The maximum absolute atomic E-state index is 13.3. The Labute approximate surface area is 210 Å². The van der Waals surface area contributed by atoms with Crippen molar-refractivity contribution in [2.75, 3.05) is 4.90 Å². The van der Waals surface area contributed by atoms with Crippen molar-refractivity contribution in [1.82, 2.24) is 5.32 Å². The van der Waals surface area contributed by atoms with E-state index in [4.69, 9.17) is 16.3 Å². The molecule has 4 rings (SSSR count). The van der Waals surface area contributed by atoms with Crippen LogP contribution in [0.5, 0.6) is 5.75 Å². The lowest BCUT2D eigenvalue weighted by molar-refractivity contribution is -0.122. The van der Waals surface area contributed by atoms with E-state index in [9.17, 15) is 14.4 Å². The first-order valence-corrected chi connectivity index (χ1v) is 11.6. The highest BCUT2D eigenvalue weighted by Gasteiger charge is 2.37. The number of carbonyl (C=O) groups excluding carboxylic acids is 3. The Kier molecular flexibility index (Phi) is 6.86. The van der Waals surface area contributed by atoms with Crippen LogP contribution < -0.4 is 15.0 Å². The van der Waals surface area contributed by atoms with E-state index in [2.05, 4.69) is 21.2 Å². The van der Waals surface area contributed by atoms with Crippen molar-refractivity contribution in [2.45, 2.75) is 20.5 Å². The van der Waals surface area contributed by atoms with Gasteiger partial charge >= 0.3 is 6.03 Å². The predicted molar refractivity (Wildman–Crippen MR) is 135 cm³/mol. The molecule has 0 atom stereocenters. The number of nitrogens with one attached hydrogen (secondary N) is 1. The molecule has 0 aliphatic carbocycles. The number of nitrogens with zero attached hydrogens (tertiary/aromatic N) is 1. The Morgan fingerprint density at radius 1 is 1.00 bits per heavy atom. The summed E-state index contributed by atoms with van der Waals surface area (Å²) in [5.74, 6) is -1.04. The number of barbiturate groups is 1. The highest BCUT2D eigenvalue weighted by Crippen LogP contribution is 2.30. The van der Waals surface area contributed by atoms with E-state index >= 15 is 0 Å². The number of carbonyl (C=O) groups is 3. The van der Waals surface area contributed by atoms with E-state index in [1.165, 1.54) is 12.1 Å². The molecule has 1 aliphatic heterocycles. The van der Waals surface area contributed by atoms with Crippen molar-refractivity contribution >= 4 is 57.1 Å². The lowest BCUT2D eigenvalue weighted by Crippen LogP contribution is -2.54. The average molecular weight is 540 g/mol. The van der Waals surface area contributed by atoms with Crippen LogP contribution in [0.1, 0.15) is 22.3 Å². The Hall–Kier alpha value is -3.42. The fourth-order valence-electron chi connectivity index (χ4n) is 3.46. The number of anilines is 1. The zero-order valence-corrected chi connectivity index (χ0v) is 20.7. The largest absolute Gasteiger partial charge is 0.488 e. The molecule has 3 aromatic carbocycles. The number of urea groups is 1. The van der Waals surface area contributed by atoms with E-state index in [0.717, 1.165) is 20.5 Å². The van der Waals surface area contributed by atoms with E-state index in [0.29, 0.717) is 34.2 Å². The molecule has 4 amide bonds. The lowest BCUT2D eigenvalue weighted by atomic mass is 10.0. The molecule has 6 nitrogen and oxygen atoms in total. The maximum Gasteiger partial charge on any atom is 0.335 e. The standard InChI is InChI=1S/C26H20BrClN2O4/c1-15-3-6-17(7-4-15)14-34-23-10-8-19(27)11-18(23)12-21-24(31)29-26(33)30(25(21)32)22-13-20(28)9-5-16(22)2/h3-13H,14H2,1-2H3,(H,29,31,33)/b21-12+. The highest BCUT2D eigenvalue weighted by atomic mass is 79.9. The number of hydrogen-bond donors (Lipinski definition) is 1. The van der Waals surface area contributed by atoms with Crippen LogP contribution in [-0.4, -0.2) is 17.8 Å². The number of benzene rings is 3. The predicted octanol–water partition coefficient (Wildman–Crippen LogP) is 5.96. The Balaban J connectivity index is 1.69. The Bertz CT molecular complexity index is 1340. The third-order valence-electron chi connectivity index (χ3n) is 5.30. The third kappa shape index (κ3) is 5.05. The zero-order chi connectivity index (χ0) is 24.4. The summed E-state index contributed by atoms with van der Waals surface area (Å²) in [6.45, 7) is 4.07. The van der Waals surface area contributed by atoms with Gasteiger partial charge in [-0.2, -0.15) is 0 Å². The quantitative estimate of drug-likeness (QED) is 0.320. The van der Waals surface area contributed by atoms with E-state index in [1.54, 1.807) is 37.3 Å². The molecule has 34 heavy (non-hydrogen) atoms. The average Bonchev–Trinajstić information content (AvgIpc) is 2.79. The number of halogens is 2. The van der Waals surface area contributed by atoms with Gasteiger partial charge in [-0.3, -0.25) is 14.9 Å². The molecule has 3 aromatic rings. The fourth-order valence-corrected chi connectivity index (χ4v) is 4.01. The van der Waals surface area contributed by atoms with Gasteiger partial charge in [0.05, 0.1) is 5.69 Å². The van der Waals surface area contributed by atoms with E-state index in [1.807, 2.05) is 31.2 Å². The van der Waals surface area contributed by atoms with Gasteiger partial charge in [0.2, 0.25) is 0 Å². The minimum atomic E-state index is -0.831. The van der Waals surface area contributed by atoms with Crippen LogP contribution in [-0.2, 0) is 16.2 Å². The first-order chi connectivity index (χ1) is 16.2.